The number of hydrogen-bond donors (Lipinski definition) is 1. The summed E-state index contributed by atoms with van der Waals surface area (Å²) < 4.78 is 10.2. The molecule has 2 aromatic rings. The molecule has 0 aliphatic carbocycles. The highest BCUT2D eigenvalue weighted by atomic mass is 16.6. The van der Waals surface area contributed by atoms with Crippen molar-refractivity contribution < 1.29 is 24.0 Å². The van der Waals surface area contributed by atoms with E-state index in [1.807, 2.05) is 0 Å². The summed E-state index contributed by atoms with van der Waals surface area (Å²) in [5, 5.41) is 13.9. The Morgan fingerprint density at radius 1 is 1.17 bits per heavy atom. The van der Waals surface area contributed by atoms with Crippen molar-refractivity contribution in [2.24, 2.45) is 0 Å². The molecule has 0 aliphatic heterocycles. The van der Waals surface area contributed by atoms with Crippen LogP contribution in [0.4, 0.5) is 11.4 Å². The molecule has 154 valence electrons. The average Bonchev–Trinajstić information content (AvgIpc) is 2.71. The van der Waals surface area contributed by atoms with Crippen LogP contribution in [0.2, 0.25) is 0 Å². The number of anilines is 1. The van der Waals surface area contributed by atoms with Gasteiger partial charge in [-0.25, -0.2) is 4.79 Å². The van der Waals surface area contributed by atoms with Gasteiger partial charge in [0.15, 0.2) is 6.10 Å². The standard InChI is InChI=1S/C20H23N3O6/c1-13(19(24)21-12-14-5-8-16(28-4)9-6-14)29-20(25)15-7-10-17(22(2)3)18(11-15)23(26)27/h5-11,13H,12H2,1-4H3,(H,21,24)/t13-/m1/s1. The molecule has 0 saturated heterocycles. The molecule has 0 heterocycles. The third kappa shape index (κ3) is 5.68. The van der Waals surface area contributed by atoms with Crippen molar-refractivity contribution in [1.29, 1.82) is 0 Å². The van der Waals surface area contributed by atoms with Crippen LogP contribution in [0.15, 0.2) is 42.5 Å². The topological polar surface area (TPSA) is 111 Å². The number of nitrogens with one attached hydrogen (secondary N) is 1. The minimum absolute atomic E-state index is 0.00268. The summed E-state index contributed by atoms with van der Waals surface area (Å²) in [6.45, 7) is 1.69. The summed E-state index contributed by atoms with van der Waals surface area (Å²) in [4.78, 5) is 36.8. The summed E-state index contributed by atoms with van der Waals surface area (Å²) in [5.74, 6) is -0.587. The minimum Gasteiger partial charge on any atom is -0.497 e. The number of amides is 1. The van der Waals surface area contributed by atoms with E-state index in [9.17, 15) is 19.7 Å². The maximum atomic E-state index is 12.3. The smallest absolute Gasteiger partial charge is 0.339 e. The summed E-state index contributed by atoms with van der Waals surface area (Å²) in [7, 11) is 4.89. The SMILES string of the molecule is COc1ccc(CNC(=O)[C@@H](C)OC(=O)c2ccc(N(C)C)c([N+](=O)[O-])c2)cc1. The summed E-state index contributed by atoms with van der Waals surface area (Å²) in [6.07, 6.45) is -1.06. The highest BCUT2D eigenvalue weighted by Gasteiger charge is 2.23. The monoisotopic (exact) mass is 401 g/mol. The van der Waals surface area contributed by atoms with Gasteiger partial charge in [0.1, 0.15) is 11.4 Å². The van der Waals surface area contributed by atoms with Crippen molar-refractivity contribution >= 4 is 23.3 Å². The normalized spacial score (nSPS) is 11.3. The van der Waals surface area contributed by atoms with Gasteiger partial charge in [-0.15, -0.1) is 0 Å². The van der Waals surface area contributed by atoms with E-state index in [0.29, 0.717) is 11.4 Å². The first-order valence-electron chi connectivity index (χ1n) is 8.80. The zero-order valence-corrected chi connectivity index (χ0v) is 16.7. The van der Waals surface area contributed by atoms with Crippen molar-refractivity contribution in [1.82, 2.24) is 5.32 Å². The molecule has 1 N–H and O–H groups in total. The molecule has 2 aromatic carbocycles. The lowest BCUT2D eigenvalue weighted by Crippen LogP contribution is -2.35. The van der Waals surface area contributed by atoms with Gasteiger partial charge in [-0.1, -0.05) is 12.1 Å². The molecule has 29 heavy (non-hydrogen) atoms. The summed E-state index contributed by atoms with van der Waals surface area (Å²) >= 11 is 0. The van der Waals surface area contributed by atoms with Gasteiger partial charge in [0, 0.05) is 26.7 Å². The Hall–Kier alpha value is -3.62. The Morgan fingerprint density at radius 2 is 1.83 bits per heavy atom. The van der Waals surface area contributed by atoms with Gasteiger partial charge in [-0.3, -0.25) is 14.9 Å². The number of carbonyl (C=O) groups excluding carboxylic acids is 2. The van der Waals surface area contributed by atoms with Crippen molar-refractivity contribution in [3.05, 3.63) is 63.7 Å². The van der Waals surface area contributed by atoms with Crippen LogP contribution in [0.1, 0.15) is 22.8 Å². The molecule has 1 amide bonds. The second-order valence-electron chi connectivity index (χ2n) is 6.47. The van der Waals surface area contributed by atoms with E-state index < -0.39 is 22.9 Å². The second kappa shape index (κ2) is 9.54. The number of methoxy groups -OCH3 is 1. The minimum atomic E-state index is -1.06. The molecular weight excluding hydrogens is 378 g/mol. The lowest BCUT2D eigenvalue weighted by molar-refractivity contribution is -0.384. The molecule has 0 unspecified atom stereocenters. The largest absolute Gasteiger partial charge is 0.497 e. The molecule has 2 rings (SSSR count). The van der Waals surface area contributed by atoms with Crippen molar-refractivity contribution in [2.75, 3.05) is 26.1 Å². The predicted molar refractivity (Wildman–Crippen MR) is 107 cm³/mol. The van der Waals surface area contributed by atoms with Gasteiger partial charge in [0.25, 0.3) is 11.6 Å². The van der Waals surface area contributed by atoms with E-state index in [1.165, 1.54) is 19.1 Å². The van der Waals surface area contributed by atoms with E-state index in [1.54, 1.807) is 50.4 Å². The average molecular weight is 401 g/mol. The number of nitro benzene ring substituents is 1. The van der Waals surface area contributed by atoms with Crippen LogP contribution in [-0.4, -0.2) is 44.1 Å². The molecular formula is C20H23N3O6. The molecule has 9 nitrogen and oxygen atoms in total. The van der Waals surface area contributed by atoms with Gasteiger partial charge in [-0.2, -0.15) is 0 Å². The first kappa shape index (κ1) is 21.7. The van der Waals surface area contributed by atoms with Crippen LogP contribution in [0.5, 0.6) is 5.75 Å². The second-order valence-corrected chi connectivity index (χ2v) is 6.47. The van der Waals surface area contributed by atoms with Crippen LogP contribution < -0.4 is 15.0 Å². The number of ether oxygens (including phenoxy) is 2. The van der Waals surface area contributed by atoms with Crippen LogP contribution in [0, 0.1) is 10.1 Å². The molecule has 0 aliphatic rings. The van der Waals surface area contributed by atoms with Crippen LogP contribution in [0.3, 0.4) is 0 Å². The zero-order chi connectivity index (χ0) is 21.6. The molecule has 0 spiro atoms. The van der Waals surface area contributed by atoms with Crippen molar-refractivity contribution in [3.8, 4) is 5.75 Å². The molecule has 0 bridgehead atoms. The first-order valence-corrected chi connectivity index (χ1v) is 8.80. The number of carbonyl (C=O) groups is 2. The highest BCUT2D eigenvalue weighted by Crippen LogP contribution is 2.28. The highest BCUT2D eigenvalue weighted by molar-refractivity contribution is 5.93. The van der Waals surface area contributed by atoms with Crippen molar-refractivity contribution in [3.63, 3.8) is 0 Å². The maximum Gasteiger partial charge on any atom is 0.339 e. The van der Waals surface area contributed by atoms with Crippen LogP contribution in [-0.2, 0) is 16.1 Å². The third-order valence-corrected chi connectivity index (χ3v) is 4.17. The van der Waals surface area contributed by atoms with Gasteiger partial charge in [0.05, 0.1) is 17.6 Å². The lowest BCUT2D eigenvalue weighted by Gasteiger charge is -2.15. The van der Waals surface area contributed by atoms with Gasteiger partial charge in [0.2, 0.25) is 0 Å². The third-order valence-electron chi connectivity index (χ3n) is 4.17. The summed E-state index contributed by atoms with van der Waals surface area (Å²) in [5.41, 5.74) is 0.988. The number of hydrogen-bond acceptors (Lipinski definition) is 7. The van der Waals surface area contributed by atoms with Gasteiger partial charge >= 0.3 is 5.97 Å². The maximum absolute atomic E-state index is 12.3. The fourth-order valence-electron chi connectivity index (χ4n) is 2.53. The Kier molecular flexibility index (Phi) is 7.13. The zero-order valence-electron chi connectivity index (χ0n) is 16.7. The molecule has 9 heteroatoms. The first-order chi connectivity index (χ1) is 13.7. The Morgan fingerprint density at radius 3 is 2.38 bits per heavy atom. The molecule has 1 atom stereocenters. The van der Waals surface area contributed by atoms with E-state index in [2.05, 4.69) is 5.32 Å². The van der Waals surface area contributed by atoms with Gasteiger partial charge < -0.3 is 19.7 Å². The number of nitrogens with zero attached hydrogens (tertiary/aromatic N) is 2. The summed E-state index contributed by atoms with van der Waals surface area (Å²) in [6, 6.07) is 11.2. The fraction of sp³-hybridized carbons (Fsp3) is 0.300. The number of benzene rings is 2. The lowest BCUT2D eigenvalue weighted by atomic mass is 10.1. The number of esters is 1. The number of nitro groups is 1. The van der Waals surface area contributed by atoms with Gasteiger partial charge in [-0.05, 0) is 36.8 Å². The molecule has 0 aromatic heterocycles. The Balaban J connectivity index is 1.99. The van der Waals surface area contributed by atoms with E-state index >= 15 is 0 Å². The van der Waals surface area contributed by atoms with E-state index in [0.717, 1.165) is 11.6 Å². The predicted octanol–water partition coefficient (Wildman–Crippen LogP) is 2.53. The van der Waals surface area contributed by atoms with E-state index in [-0.39, 0.29) is 17.8 Å². The Labute approximate surface area is 168 Å². The fourth-order valence-corrected chi connectivity index (χ4v) is 2.53. The van der Waals surface area contributed by atoms with E-state index in [4.69, 9.17) is 9.47 Å². The Bertz CT molecular complexity index is 896. The van der Waals surface area contributed by atoms with Crippen LogP contribution in [0.25, 0.3) is 0 Å². The van der Waals surface area contributed by atoms with Crippen molar-refractivity contribution in [2.45, 2.75) is 19.6 Å². The molecule has 0 fully saturated rings. The molecule has 0 saturated carbocycles. The molecule has 0 radical (unpaired) electrons. The quantitative estimate of drug-likeness (QED) is 0.411. The number of rotatable bonds is 8. The van der Waals surface area contributed by atoms with Crippen LogP contribution >= 0.6 is 0 Å².